The molecule has 1 heterocycles. The number of hydrogen-bond acceptors (Lipinski definition) is 5. The minimum absolute atomic E-state index is 0.0134. The van der Waals surface area contributed by atoms with Crippen LogP contribution in [0.15, 0.2) is 59.6 Å². The number of alkyl halides is 3. The maximum atomic E-state index is 13.6. The molecule has 0 atom stereocenters. The molecule has 2 aromatic carbocycles. The molecule has 0 fully saturated rings. The van der Waals surface area contributed by atoms with Gasteiger partial charge in [-0.25, -0.2) is 4.98 Å². The Morgan fingerprint density at radius 1 is 1.03 bits per heavy atom. The molecule has 0 amide bonds. The summed E-state index contributed by atoms with van der Waals surface area (Å²) in [4.78, 5) is 4.34. The first kappa shape index (κ1) is 21.2. The van der Waals surface area contributed by atoms with E-state index in [4.69, 9.17) is 10.00 Å². The largest absolute Gasteiger partial charge is 0.497 e. The first-order chi connectivity index (χ1) is 14.4. The van der Waals surface area contributed by atoms with Gasteiger partial charge in [-0.1, -0.05) is 12.1 Å². The van der Waals surface area contributed by atoms with Crippen molar-refractivity contribution in [1.82, 2.24) is 4.98 Å². The van der Waals surface area contributed by atoms with Gasteiger partial charge in [0.1, 0.15) is 16.8 Å². The number of pyridine rings is 1. The normalized spacial score (nSPS) is 10.9. The molecular formula is C22H14F3N3OS. The molecule has 0 radical (unpaired) electrons. The van der Waals surface area contributed by atoms with Gasteiger partial charge in [-0.3, -0.25) is 0 Å². The first-order valence-electron chi connectivity index (χ1n) is 8.64. The predicted octanol–water partition coefficient (Wildman–Crippen LogP) is 5.81. The fourth-order valence-electron chi connectivity index (χ4n) is 2.75. The Labute approximate surface area is 175 Å². The van der Waals surface area contributed by atoms with Gasteiger partial charge in [0.2, 0.25) is 0 Å². The summed E-state index contributed by atoms with van der Waals surface area (Å²) in [7, 11) is 1.49. The van der Waals surface area contributed by atoms with Gasteiger partial charge in [0.05, 0.1) is 35.6 Å². The third-order valence-corrected chi connectivity index (χ3v) is 5.27. The number of methoxy groups -OCH3 is 1. The van der Waals surface area contributed by atoms with Crippen molar-refractivity contribution in [2.24, 2.45) is 0 Å². The Morgan fingerprint density at radius 2 is 1.77 bits per heavy atom. The molecule has 30 heavy (non-hydrogen) atoms. The van der Waals surface area contributed by atoms with Gasteiger partial charge in [-0.15, -0.1) is 11.8 Å². The van der Waals surface area contributed by atoms with E-state index in [0.29, 0.717) is 16.9 Å². The SMILES string of the molecule is COc1ccc(-c2cc(C(F)(F)F)c(C#N)c(SCc3cccc(C#N)c3)n2)cc1. The second kappa shape index (κ2) is 8.89. The van der Waals surface area contributed by atoms with Crippen LogP contribution in [0.4, 0.5) is 13.2 Å². The molecule has 0 saturated carbocycles. The summed E-state index contributed by atoms with van der Waals surface area (Å²) in [6.07, 6.45) is -4.70. The monoisotopic (exact) mass is 425 g/mol. The van der Waals surface area contributed by atoms with E-state index in [1.54, 1.807) is 54.6 Å². The van der Waals surface area contributed by atoms with E-state index < -0.39 is 17.3 Å². The van der Waals surface area contributed by atoms with Gasteiger partial charge in [-0.05, 0) is 48.0 Å². The molecule has 1 aromatic heterocycles. The summed E-state index contributed by atoms with van der Waals surface area (Å²) in [6, 6.07) is 17.8. The van der Waals surface area contributed by atoms with Crippen LogP contribution >= 0.6 is 11.8 Å². The van der Waals surface area contributed by atoms with Gasteiger partial charge < -0.3 is 4.74 Å². The summed E-state index contributed by atoms with van der Waals surface area (Å²) in [5, 5.41) is 18.4. The quantitative estimate of drug-likeness (QED) is 0.483. The van der Waals surface area contributed by atoms with Crippen LogP contribution in [0.1, 0.15) is 22.3 Å². The summed E-state index contributed by atoms with van der Waals surface area (Å²) in [6.45, 7) is 0. The Hall–Kier alpha value is -3.49. The van der Waals surface area contributed by atoms with E-state index in [-0.39, 0.29) is 16.5 Å². The highest BCUT2D eigenvalue weighted by Gasteiger charge is 2.36. The fourth-order valence-corrected chi connectivity index (χ4v) is 3.70. The van der Waals surface area contributed by atoms with Crippen LogP contribution in [0.5, 0.6) is 5.75 Å². The second-order valence-electron chi connectivity index (χ2n) is 6.17. The molecule has 150 valence electrons. The highest BCUT2D eigenvalue weighted by atomic mass is 32.2. The average molecular weight is 425 g/mol. The number of thioether (sulfide) groups is 1. The Bertz CT molecular complexity index is 1150. The lowest BCUT2D eigenvalue weighted by Crippen LogP contribution is -2.10. The fraction of sp³-hybridized carbons (Fsp3) is 0.136. The van der Waals surface area contributed by atoms with E-state index in [9.17, 15) is 18.4 Å². The minimum Gasteiger partial charge on any atom is -0.497 e. The Balaban J connectivity index is 2.05. The van der Waals surface area contributed by atoms with Crippen molar-refractivity contribution in [2.45, 2.75) is 17.0 Å². The van der Waals surface area contributed by atoms with Crippen LogP contribution < -0.4 is 4.74 Å². The number of aromatic nitrogens is 1. The van der Waals surface area contributed by atoms with E-state index in [2.05, 4.69) is 4.98 Å². The lowest BCUT2D eigenvalue weighted by molar-refractivity contribution is -0.138. The second-order valence-corrected chi connectivity index (χ2v) is 7.14. The molecule has 8 heteroatoms. The standard InChI is InChI=1S/C22H14F3N3OS/c1-29-17-7-5-16(6-8-17)20-10-19(22(23,24)25)18(12-27)21(28-20)30-13-15-4-2-3-14(9-15)11-26/h2-10H,13H2,1H3. The van der Waals surface area contributed by atoms with Gasteiger partial charge in [0.25, 0.3) is 0 Å². The van der Waals surface area contributed by atoms with Crippen LogP contribution in [0, 0.1) is 22.7 Å². The average Bonchev–Trinajstić information content (AvgIpc) is 2.76. The molecule has 3 rings (SSSR count). The number of nitrogens with zero attached hydrogens (tertiary/aromatic N) is 3. The van der Waals surface area contributed by atoms with Crippen molar-refractivity contribution in [3.63, 3.8) is 0 Å². The van der Waals surface area contributed by atoms with Crippen molar-refractivity contribution in [3.05, 3.63) is 76.9 Å². The van der Waals surface area contributed by atoms with Crippen LogP contribution in [0.2, 0.25) is 0 Å². The maximum Gasteiger partial charge on any atom is 0.417 e. The molecule has 0 spiro atoms. The van der Waals surface area contributed by atoms with Crippen molar-refractivity contribution in [3.8, 4) is 29.1 Å². The summed E-state index contributed by atoms with van der Waals surface area (Å²) in [5.74, 6) is 0.830. The van der Waals surface area contributed by atoms with Crippen LogP contribution in [-0.4, -0.2) is 12.1 Å². The van der Waals surface area contributed by atoms with Crippen molar-refractivity contribution in [2.75, 3.05) is 7.11 Å². The van der Waals surface area contributed by atoms with Crippen LogP contribution in [-0.2, 0) is 11.9 Å². The van der Waals surface area contributed by atoms with Crippen molar-refractivity contribution < 1.29 is 17.9 Å². The third-order valence-electron chi connectivity index (χ3n) is 4.22. The lowest BCUT2D eigenvalue weighted by Gasteiger charge is -2.14. The number of halogens is 3. The van der Waals surface area contributed by atoms with Gasteiger partial charge in [-0.2, -0.15) is 23.7 Å². The molecule has 0 saturated heterocycles. The zero-order valence-corrected chi connectivity index (χ0v) is 16.5. The number of ether oxygens (including phenoxy) is 1. The Morgan fingerprint density at radius 3 is 2.37 bits per heavy atom. The molecule has 0 bridgehead atoms. The minimum atomic E-state index is -4.70. The van der Waals surface area contributed by atoms with Gasteiger partial charge in [0, 0.05) is 11.3 Å². The third kappa shape index (κ3) is 4.73. The van der Waals surface area contributed by atoms with Gasteiger partial charge in [0.15, 0.2) is 0 Å². The smallest absolute Gasteiger partial charge is 0.417 e. The number of benzene rings is 2. The zero-order valence-electron chi connectivity index (χ0n) is 15.7. The zero-order chi connectivity index (χ0) is 21.7. The van der Waals surface area contributed by atoms with E-state index in [1.165, 1.54) is 7.11 Å². The number of nitriles is 2. The Kier molecular flexibility index (Phi) is 6.29. The predicted molar refractivity (Wildman–Crippen MR) is 107 cm³/mol. The summed E-state index contributed by atoms with van der Waals surface area (Å²) < 4.78 is 46.0. The molecule has 4 nitrogen and oxygen atoms in total. The van der Waals surface area contributed by atoms with E-state index >= 15 is 0 Å². The highest BCUT2D eigenvalue weighted by molar-refractivity contribution is 7.98. The van der Waals surface area contributed by atoms with Crippen LogP contribution in [0.25, 0.3) is 11.3 Å². The lowest BCUT2D eigenvalue weighted by atomic mass is 10.1. The van der Waals surface area contributed by atoms with E-state index in [0.717, 1.165) is 23.4 Å². The maximum absolute atomic E-state index is 13.6. The van der Waals surface area contributed by atoms with E-state index in [1.807, 2.05) is 6.07 Å². The molecule has 0 aliphatic heterocycles. The molecule has 3 aromatic rings. The summed E-state index contributed by atoms with van der Waals surface area (Å²) >= 11 is 1.02. The first-order valence-corrected chi connectivity index (χ1v) is 9.63. The topological polar surface area (TPSA) is 69.7 Å². The highest BCUT2D eigenvalue weighted by Crippen LogP contribution is 2.38. The molecular weight excluding hydrogens is 411 g/mol. The molecule has 0 aliphatic rings. The molecule has 0 unspecified atom stereocenters. The van der Waals surface area contributed by atoms with Gasteiger partial charge >= 0.3 is 6.18 Å². The number of rotatable bonds is 5. The van der Waals surface area contributed by atoms with Crippen molar-refractivity contribution in [1.29, 1.82) is 10.5 Å². The molecule has 0 N–H and O–H groups in total. The van der Waals surface area contributed by atoms with Crippen molar-refractivity contribution >= 4 is 11.8 Å². The summed E-state index contributed by atoms with van der Waals surface area (Å²) in [5.41, 5.74) is 0.231. The van der Waals surface area contributed by atoms with Crippen LogP contribution in [0.3, 0.4) is 0 Å². The number of hydrogen-bond donors (Lipinski definition) is 0. The molecule has 0 aliphatic carbocycles.